The second kappa shape index (κ2) is 9.42. The average Bonchev–Trinajstić information content (AvgIpc) is 2.99. The average molecular weight is 298 g/mol. The van der Waals surface area contributed by atoms with Gasteiger partial charge in [-0.05, 0) is 65.1 Å². The molecule has 0 aromatic rings. The second-order valence-corrected chi connectivity index (χ2v) is 6.59. The Morgan fingerprint density at radius 2 is 1.95 bits per heavy atom. The van der Waals surface area contributed by atoms with Gasteiger partial charge in [-0.1, -0.05) is 26.7 Å². The quantitative estimate of drug-likeness (QED) is 0.575. The van der Waals surface area contributed by atoms with Crippen molar-refractivity contribution in [1.82, 2.24) is 10.2 Å². The molecule has 1 atom stereocenters. The molecule has 0 radical (unpaired) electrons. The summed E-state index contributed by atoms with van der Waals surface area (Å²) in [5.74, 6) is -0.723. The molecule has 21 heavy (non-hydrogen) atoms. The standard InChI is InChI=1S/C17H34N2O2/c1-4-13-18-17(3,16(20)21)12-8-9-14-19(5-2)15-10-6-7-11-15/h15,18H,4-14H2,1-3H3,(H,20,21). The van der Waals surface area contributed by atoms with Crippen molar-refractivity contribution < 1.29 is 9.90 Å². The molecule has 1 unspecified atom stereocenters. The molecule has 124 valence electrons. The van der Waals surface area contributed by atoms with Gasteiger partial charge in [-0.3, -0.25) is 4.79 Å². The van der Waals surface area contributed by atoms with Crippen molar-refractivity contribution in [1.29, 1.82) is 0 Å². The van der Waals surface area contributed by atoms with Crippen LogP contribution in [0.3, 0.4) is 0 Å². The van der Waals surface area contributed by atoms with Crippen molar-refractivity contribution >= 4 is 5.97 Å². The van der Waals surface area contributed by atoms with Crippen LogP contribution in [0.4, 0.5) is 0 Å². The highest BCUT2D eigenvalue weighted by Crippen LogP contribution is 2.24. The third kappa shape index (κ3) is 5.95. The minimum atomic E-state index is -0.763. The SMILES string of the molecule is CCCNC(C)(CCCCN(CC)C1CCCC1)C(=O)O. The van der Waals surface area contributed by atoms with Gasteiger partial charge in [0.05, 0.1) is 0 Å². The van der Waals surface area contributed by atoms with Crippen LogP contribution in [0.15, 0.2) is 0 Å². The number of nitrogens with zero attached hydrogens (tertiary/aromatic N) is 1. The number of nitrogens with one attached hydrogen (secondary N) is 1. The van der Waals surface area contributed by atoms with E-state index in [2.05, 4.69) is 24.1 Å². The van der Waals surface area contributed by atoms with E-state index in [0.717, 1.165) is 44.9 Å². The smallest absolute Gasteiger partial charge is 0.323 e. The number of unbranched alkanes of at least 4 members (excludes halogenated alkanes) is 1. The van der Waals surface area contributed by atoms with Crippen LogP contribution >= 0.6 is 0 Å². The number of carboxylic acid groups (broad SMARTS) is 1. The van der Waals surface area contributed by atoms with Gasteiger partial charge in [-0.15, -0.1) is 0 Å². The van der Waals surface area contributed by atoms with Gasteiger partial charge in [0, 0.05) is 6.04 Å². The van der Waals surface area contributed by atoms with Crippen LogP contribution in [-0.4, -0.2) is 47.2 Å². The largest absolute Gasteiger partial charge is 0.480 e. The lowest BCUT2D eigenvalue weighted by Gasteiger charge is -2.29. The monoisotopic (exact) mass is 298 g/mol. The number of aliphatic carboxylic acids is 1. The number of carboxylic acids is 1. The molecule has 0 amide bonds. The summed E-state index contributed by atoms with van der Waals surface area (Å²) in [5.41, 5.74) is -0.763. The second-order valence-electron chi connectivity index (χ2n) is 6.59. The third-order valence-corrected chi connectivity index (χ3v) is 4.86. The zero-order chi connectivity index (χ0) is 15.7. The predicted molar refractivity (Wildman–Crippen MR) is 87.7 cm³/mol. The number of carbonyl (C=O) groups is 1. The summed E-state index contributed by atoms with van der Waals surface area (Å²) >= 11 is 0. The normalized spacial score (nSPS) is 19.0. The Labute approximate surface area is 130 Å². The molecule has 0 heterocycles. The van der Waals surface area contributed by atoms with Gasteiger partial charge in [0.25, 0.3) is 0 Å². The molecule has 4 heteroatoms. The molecule has 1 aliphatic carbocycles. The highest BCUT2D eigenvalue weighted by atomic mass is 16.4. The van der Waals surface area contributed by atoms with E-state index in [0.29, 0.717) is 6.42 Å². The topological polar surface area (TPSA) is 52.6 Å². The zero-order valence-electron chi connectivity index (χ0n) is 14.2. The first-order valence-corrected chi connectivity index (χ1v) is 8.76. The first-order chi connectivity index (χ1) is 10.0. The highest BCUT2D eigenvalue weighted by Gasteiger charge is 2.31. The number of hydrogen-bond donors (Lipinski definition) is 2. The lowest BCUT2D eigenvalue weighted by atomic mass is 9.94. The molecule has 0 spiro atoms. The Morgan fingerprint density at radius 3 is 2.48 bits per heavy atom. The van der Waals surface area contributed by atoms with E-state index in [-0.39, 0.29) is 0 Å². The molecular formula is C17H34N2O2. The molecule has 1 aliphatic rings. The molecule has 1 rings (SSSR count). The summed E-state index contributed by atoms with van der Waals surface area (Å²) in [7, 11) is 0. The molecule has 1 saturated carbocycles. The Kier molecular flexibility index (Phi) is 8.27. The maximum absolute atomic E-state index is 11.4. The van der Waals surface area contributed by atoms with E-state index in [1.54, 1.807) is 0 Å². The van der Waals surface area contributed by atoms with Crippen LogP contribution in [0.2, 0.25) is 0 Å². The maximum Gasteiger partial charge on any atom is 0.323 e. The summed E-state index contributed by atoms with van der Waals surface area (Å²) in [6.07, 6.45) is 9.19. The van der Waals surface area contributed by atoms with Gasteiger partial charge < -0.3 is 15.3 Å². The highest BCUT2D eigenvalue weighted by molar-refractivity contribution is 5.78. The number of hydrogen-bond acceptors (Lipinski definition) is 3. The molecule has 4 nitrogen and oxygen atoms in total. The van der Waals surface area contributed by atoms with Crippen LogP contribution in [0.25, 0.3) is 0 Å². The maximum atomic E-state index is 11.4. The molecule has 0 aromatic heterocycles. The Balaban J connectivity index is 2.31. The van der Waals surface area contributed by atoms with Crippen LogP contribution in [0, 0.1) is 0 Å². The molecule has 0 aromatic carbocycles. The summed E-state index contributed by atoms with van der Waals surface area (Å²) in [6.45, 7) is 9.13. The third-order valence-electron chi connectivity index (χ3n) is 4.86. The van der Waals surface area contributed by atoms with E-state index in [9.17, 15) is 9.90 Å². The molecule has 1 fully saturated rings. The summed E-state index contributed by atoms with van der Waals surface area (Å²) in [4.78, 5) is 14.0. The van der Waals surface area contributed by atoms with Crippen molar-refractivity contribution in [2.24, 2.45) is 0 Å². The number of rotatable bonds is 11. The van der Waals surface area contributed by atoms with Crippen molar-refractivity contribution in [3.63, 3.8) is 0 Å². The van der Waals surface area contributed by atoms with Crippen molar-refractivity contribution in [3.8, 4) is 0 Å². The van der Waals surface area contributed by atoms with Gasteiger partial charge in [-0.25, -0.2) is 0 Å². The van der Waals surface area contributed by atoms with E-state index in [1.807, 2.05) is 6.92 Å². The fourth-order valence-corrected chi connectivity index (χ4v) is 3.33. The minimum absolute atomic E-state index is 0.713. The van der Waals surface area contributed by atoms with Gasteiger partial charge in [0.1, 0.15) is 5.54 Å². The molecule has 0 bridgehead atoms. The van der Waals surface area contributed by atoms with Gasteiger partial charge in [0.15, 0.2) is 0 Å². The Bertz CT molecular complexity index is 303. The fourth-order valence-electron chi connectivity index (χ4n) is 3.33. The van der Waals surface area contributed by atoms with E-state index in [1.165, 1.54) is 25.7 Å². The minimum Gasteiger partial charge on any atom is -0.480 e. The van der Waals surface area contributed by atoms with Crippen LogP contribution < -0.4 is 5.32 Å². The first kappa shape index (κ1) is 18.4. The summed E-state index contributed by atoms with van der Waals surface area (Å²) < 4.78 is 0. The molecule has 2 N–H and O–H groups in total. The zero-order valence-corrected chi connectivity index (χ0v) is 14.2. The van der Waals surface area contributed by atoms with E-state index < -0.39 is 11.5 Å². The van der Waals surface area contributed by atoms with E-state index >= 15 is 0 Å². The van der Waals surface area contributed by atoms with Crippen LogP contribution in [0.1, 0.15) is 72.1 Å². The Hall–Kier alpha value is -0.610. The molecular weight excluding hydrogens is 264 g/mol. The van der Waals surface area contributed by atoms with Crippen LogP contribution in [0.5, 0.6) is 0 Å². The van der Waals surface area contributed by atoms with Gasteiger partial charge in [-0.2, -0.15) is 0 Å². The lowest BCUT2D eigenvalue weighted by molar-refractivity contribution is -0.144. The Morgan fingerprint density at radius 1 is 1.29 bits per heavy atom. The molecule has 0 saturated heterocycles. The van der Waals surface area contributed by atoms with E-state index in [4.69, 9.17) is 0 Å². The van der Waals surface area contributed by atoms with Crippen molar-refractivity contribution in [2.75, 3.05) is 19.6 Å². The van der Waals surface area contributed by atoms with Crippen molar-refractivity contribution in [2.45, 2.75) is 83.7 Å². The first-order valence-electron chi connectivity index (χ1n) is 8.76. The van der Waals surface area contributed by atoms with Gasteiger partial charge >= 0.3 is 5.97 Å². The predicted octanol–water partition coefficient (Wildman–Crippen LogP) is 3.26. The fraction of sp³-hybridized carbons (Fsp3) is 0.941. The van der Waals surface area contributed by atoms with Gasteiger partial charge in [0.2, 0.25) is 0 Å². The molecule has 0 aliphatic heterocycles. The summed E-state index contributed by atoms with van der Waals surface area (Å²) in [6, 6.07) is 0.777. The summed E-state index contributed by atoms with van der Waals surface area (Å²) in [5, 5.41) is 12.6. The van der Waals surface area contributed by atoms with Crippen molar-refractivity contribution in [3.05, 3.63) is 0 Å². The lowest BCUT2D eigenvalue weighted by Crippen LogP contribution is -2.49. The van der Waals surface area contributed by atoms with Crippen LogP contribution in [-0.2, 0) is 4.79 Å².